The van der Waals surface area contributed by atoms with Crippen molar-refractivity contribution >= 4 is 11.7 Å². The largest absolute Gasteiger partial charge is 0.338 e. The molecule has 0 spiro atoms. The Bertz CT molecular complexity index is 160. The molecule has 1 unspecified atom stereocenters. The number of piperidine rings is 1. The minimum atomic E-state index is -0.105. The average Bonchev–Trinajstić information content (AvgIpc) is 1.82. The molecule has 1 amide bonds. The molecule has 56 valence electrons. The van der Waals surface area contributed by atoms with Crippen molar-refractivity contribution in [1.82, 2.24) is 4.90 Å². The fourth-order valence-electron chi connectivity index (χ4n) is 1.21. The predicted molar refractivity (Wildman–Crippen MR) is 36.4 cm³/mol. The summed E-state index contributed by atoms with van der Waals surface area (Å²) in [7, 11) is 1.66. The highest BCUT2D eigenvalue weighted by atomic mass is 16.2. The Kier molecular flexibility index (Phi) is 1.74. The number of hydrogen-bond donors (Lipinski definition) is 0. The van der Waals surface area contributed by atoms with Crippen LogP contribution in [-0.2, 0) is 9.59 Å². The van der Waals surface area contributed by atoms with Gasteiger partial charge < -0.3 is 4.90 Å². The van der Waals surface area contributed by atoms with Crippen LogP contribution in [0.25, 0.3) is 0 Å². The molecule has 0 aromatic carbocycles. The van der Waals surface area contributed by atoms with E-state index >= 15 is 0 Å². The smallest absolute Gasteiger partial charge is 0.225 e. The number of nitrogens with zero attached hydrogens (tertiary/aromatic N) is 1. The first-order valence-corrected chi connectivity index (χ1v) is 3.38. The summed E-state index contributed by atoms with van der Waals surface area (Å²) >= 11 is 0. The fourth-order valence-corrected chi connectivity index (χ4v) is 1.21. The third kappa shape index (κ3) is 1.17. The topological polar surface area (TPSA) is 37.4 Å². The molecule has 1 aliphatic heterocycles. The minimum Gasteiger partial charge on any atom is -0.338 e. The molecule has 0 aromatic heterocycles. The second-order valence-corrected chi connectivity index (χ2v) is 2.84. The molecule has 0 aliphatic carbocycles. The number of likely N-dealkylation sites (N-methyl/N-ethyl adjacent to an activating group) is 1. The van der Waals surface area contributed by atoms with E-state index in [4.69, 9.17) is 0 Å². The summed E-state index contributed by atoms with van der Waals surface area (Å²) in [6.45, 7) is 2.08. The highest BCUT2D eigenvalue weighted by Gasteiger charge is 2.26. The minimum absolute atomic E-state index is 0.0830. The molecule has 0 radical (unpaired) electrons. The van der Waals surface area contributed by atoms with Crippen LogP contribution in [-0.4, -0.2) is 30.2 Å². The van der Waals surface area contributed by atoms with E-state index in [0.717, 1.165) is 0 Å². The number of carbonyl (C=O) groups is 2. The molecule has 0 aromatic rings. The van der Waals surface area contributed by atoms with Gasteiger partial charge in [0.05, 0.1) is 6.54 Å². The van der Waals surface area contributed by atoms with Crippen molar-refractivity contribution in [1.29, 1.82) is 0 Å². The predicted octanol–water partition coefficient (Wildman–Crippen LogP) is 0.0537. The standard InChI is InChI=1S/C7H11NO2/c1-5-3-6(9)4-8(2)7(5)10/h5H,3-4H2,1-2H3. The lowest BCUT2D eigenvalue weighted by Gasteiger charge is -2.25. The Hall–Kier alpha value is -0.860. The second kappa shape index (κ2) is 2.40. The normalized spacial score (nSPS) is 27.4. The Morgan fingerprint density at radius 2 is 2.10 bits per heavy atom. The first-order valence-electron chi connectivity index (χ1n) is 3.38. The molecule has 1 rings (SSSR count). The Labute approximate surface area is 60.0 Å². The number of Topliss-reactive ketones (excluding diaryl/α,β-unsaturated/α-hetero) is 1. The van der Waals surface area contributed by atoms with Crippen LogP contribution < -0.4 is 0 Å². The van der Waals surface area contributed by atoms with Crippen LogP contribution in [0, 0.1) is 5.92 Å². The van der Waals surface area contributed by atoms with E-state index in [1.54, 1.807) is 14.0 Å². The van der Waals surface area contributed by atoms with E-state index in [2.05, 4.69) is 0 Å². The second-order valence-electron chi connectivity index (χ2n) is 2.84. The molecular formula is C7H11NO2. The third-order valence-electron chi connectivity index (χ3n) is 1.75. The van der Waals surface area contributed by atoms with Crippen LogP contribution >= 0.6 is 0 Å². The SMILES string of the molecule is CC1CC(=O)CN(C)C1=O. The van der Waals surface area contributed by atoms with Crippen molar-refractivity contribution in [2.45, 2.75) is 13.3 Å². The van der Waals surface area contributed by atoms with Crippen LogP contribution in [0.3, 0.4) is 0 Å². The Morgan fingerprint density at radius 1 is 1.50 bits per heavy atom. The van der Waals surface area contributed by atoms with Gasteiger partial charge in [0.15, 0.2) is 5.78 Å². The van der Waals surface area contributed by atoms with Crippen LogP contribution in [0.15, 0.2) is 0 Å². The first-order chi connectivity index (χ1) is 4.61. The number of carbonyl (C=O) groups excluding carboxylic acids is 2. The number of rotatable bonds is 0. The monoisotopic (exact) mass is 141 g/mol. The van der Waals surface area contributed by atoms with Crippen molar-refractivity contribution in [3.05, 3.63) is 0 Å². The zero-order valence-corrected chi connectivity index (χ0v) is 6.26. The van der Waals surface area contributed by atoms with Gasteiger partial charge >= 0.3 is 0 Å². The van der Waals surface area contributed by atoms with Gasteiger partial charge in [-0.3, -0.25) is 9.59 Å². The van der Waals surface area contributed by atoms with Crippen LogP contribution in [0.1, 0.15) is 13.3 Å². The van der Waals surface area contributed by atoms with E-state index in [0.29, 0.717) is 13.0 Å². The summed E-state index contributed by atoms with van der Waals surface area (Å²) in [6, 6.07) is 0. The van der Waals surface area contributed by atoms with Gasteiger partial charge in [-0.2, -0.15) is 0 Å². The van der Waals surface area contributed by atoms with Crippen LogP contribution in [0.5, 0.6) is 0 Å². The van der Waals surface area contributed by atoms with E-state index < -0.39 is 0 Å². The van der Waals surface area contributed by atoms with E-state index in [9.17, 15) is 9.59 Å². The van der Waals surface area contributed by atoms with Gasteiger partial charge in [-0.05, 0) is 0 Å². The van der Waals surface area contributed by atoms with Gasteiger partial charge in [-0.1, -0.05) is 6.92 Å². The molecule has 1 saturated heterocycles. The summed E-state index contributed by atoms with van der Waals surface area (Å²) in [5, 5.41) is 0. The molecule has 3 heteroatoms. The van der Waals surface area contributed by atoms with Crippen LogP contribution in [0.4, 0.5) is 0 Å². The molecule has 0 saturated carbocycles. The maximum Gasteiger partial charge on any atom is 0.225 e. The van der Waals surface area contributed by atoms with E-state index in [-0.39, 0.29) is 17.6 Å². The molecule has 1 atom stereocenters. The third-order valence-corrected chi connectivity index (χ3v) is 1.75. The van der Waals surface area contributed by atoms with Crippen molar-refractivity contribution in [2.75, 3.05) is 13.6 Å². The number of ketones is 1. The summed E-state index contributed by atoms with van der Waals surface area (Å²) in [5.74, 6) is 0.139. The van der Waals surface area contributed by atoms with Crippen molar-refractivity contribution < 1.29 is 9.59 Å². The van der Waals surface area contributed by atoms with Gasteiger partial charge in [0, 0.05) is 19.4 Å². The van der Waals surface area contributed by atoms with Crippen molar-refractivity contribution in [3.63, 3.8) is 0 Å². The highest BCUT2D eigenvalue weighted by molar-refractivity contribution is 5.93. The quantitative estimate of drug-likeness (QED) is 0.478. The van der Waals surface area contributed by atoms with Gasteiger partial charge in [0.25, 0.3) is 0 Å². The lowest BCUT2D eigenvalue weighted by molar-refractivity contribution is -0.143. The molecular weight excluding hydrogens is 130 g/mol. The lowest BCUT2D eigenvalue weighted by atomic mass is 9.99. The van der Waals surface area contributed by atoms with Crippen LogP contribution in [0.2, 0.25) is 0 Å². The van der Waals surface area contributed by atoms with Gasteiger partial charge in [-0.25, -0.2) is 0 Å². The van der Waals surface area contributed by atoms with Crippen molar-refractivity contribution in [2.24, 2.45) is 5.92 Å². The van der Waals surface area contributed by atoms with Gasteiger partial charge in [-0.15, -0.1) is 0 Å². The molecule has 1 aliphatic rings. The number of hydrogen-bond acceptors (Lipinski definition) is 2. The first kappa shape index (κ1) is 7.25. The Balaban J connectivity index is 2.66. The summed E-state index contributed by atoms with van der Waals surface area (Å²) in [4.78, 5) is 23.4. The molecule has 3 nitrogen and oxygen atoms in total. The molecule has 0 N–H and O–H groups in total. The molecule has 1 fully saturated rings. The molecule has 1 heterocycles. The van der Waals surface area contributed by atoms with Gasteiger partial charge in [0.2, 0.25) is 5.91 Å². The Morgan fingerprint density at radius 3 is 2.60 bits per heavy atom. The van der Waals surface area contributed by atoms with E-state index in [1.165, 1.54) is 4.90 Å². The highest BCUT2D eigenvalue weighted by Crippen LogP contribution is 2.12. The number of amides is 1. The number of likely N-dealkylation sites (tertiary alicyclic amines) is 1. The molecule has 0 bridgehead atoms. The fraction of sp³-hybridized carbons (Fsp3) is 0.714. The zero-order valence-electron chi connectivity index (χ0n) is 6.26. The maximum atomic E-state index is 11.0. The summed E-state index contributed by atoms with van der Waals surface area (Å²) in [5.41, 5.74) is 0. The summed E-state index contributed by atoms with van der Waals surface area (Å²) < 4.78 is 0. The zero-order chi connectivity index (χ0) is 7.72. The van der Waals surface area contributed by atoms with Gasteiger partial charge in [0.1, 0.15) is 0 Å². The van der Waals surface area contributed by atoms with Crippen molar-refractivity contribution in [3.8, 4) is 0 Å². The molecule has 10 heavy (non-hydrogen) atoms. The summed E-state index contributed by atoms with van der Waals surface area (Å²) in [6.07, 6.45) is 0.420. The maximum absolute atomic E-state index is 11.0. The van der Waals surface area contributed by atoms with E-state index in [1.807, 2.05) is 0 Å². The lowest BCUT2D eigenvalue weighted by Crippen LogP contribution is -2.42. The average molecular weight is 141 g/mol.